The van der Waals surface area contributed by atoms with Crippen LogP contribution in [0.5, 0.6) is 0 Å². The third-order valence-corrected chi connectivity index (χ3v) is 5.41. The highest BCUT2D eigenvalue weighted by Gasteiger charge is 2.23. The lowest BCUT2D eigenvalue weighted by Gasteiger charge is -2.18. The van der Waals surface area contributed by atoms with Crippen molar-refractivity contribution in [2.75, 3.05) is 18.4 Å². The molecular formula is C20H19Cl2N3O. The summed E-state index contributed by atoms with van der Waals surface area (Å²) < 4.78 is 0. The second-order valence-electron chi connectivity index (χ2n) is 6.71. The summed E-state index contributed by atoms with van der Waals surface area (Å²) in [6.45, 7) is 2.79. The molecule has 0 spiro atoms. The molecule has 1 atom stereocenters. The summed E-state index contributed by atoms with van der Waals surface area (Å²) in [6, 6.07) is 13.8. The van der Waals surface area contributed by atoms with Crippen LogP contribution < -0.4 is 10.9 Å². The van der Waals surface area contributed by atoms with Gasteiger partial charge in [0.1, 0.15) is 0 Å². The van der Waals surface area contributed by atoms with E-state index in [1.54, 1.807) is 12.3 Å². The van der Waals surface area contributed by atoms with E-state index in [0.717, 1.165) is 42.7 Å². The Bertz CT molecular complexity index is 1000. The molecule has 6 heteroatoms. The first kappa shape index (κ1) is 17.4. The molecule has 0 saturated carbocycles. The molecule has 4 nitrogen and oxygen atoms in total. The minimum absolute atomic E-state index is 0.0547. The summed E-state index contributed by atoms with van der Waals surface area (Å²) >= 11 is 12.3. The van der Waals surface area contributed by atoms with Gasteiger partial charge in [-0.1, -0.05) is 29.3 Å². The third-order valence-electron chi connectivity index (χ3n) is 4.83. The van der Waals surface area contributed by atoms with Crippen molar-refractivity contribution in [3.8, 4) is 0 Å². The zero-order chi connectivity index (χ0) is 18.1. The summed E-state index contributed by atoms with van der Waals surface area (Å²) in [7, 11) is 0. The maximum atomic E-state index is 11.8. The van der Waals surface area contributed by atoms with E-state index in [1.807, 2.05) is 36.4 Å². The molecule has 2 N–H and O–H groups in total. The van der Waals surface area contributed by atoms with Gasteiger partial charge in [0.25, 0.3) is 5.56 Å². The van der Waals surface area contributed by atoms with Gasteiger partial charge in [-0.3, -0.25) is 9.69 Å². The van der Waals surface area contributed by atoms with Gasteiger partial charge in [-0.15, -0.1) is 0 Å². The number of halogens is 2. The maximum absolute atomic E-state index is 11.8. The molecule has 2 heterocycles. The summed E-state index contributed by atoms with van der Waals surface area (Å²) in [5.74, 6) is 0. The Morgan fingerprint density at radius 3 is 2.88 bits per heavy atom. The minimum atomic E-state index is -0.0547. The Labute approximate surface area is 161 Å². The SMILES string of the molecule is O=c1[nH]ccc2cc(N[C@H]3CCN(Cc4ccc(Cl)cc4Cl)C3)ccc12. The van der Waals surface area contributed by atoms with Gasteiger partial charge in [-0.2, -0.15) is 0 Å². The molecule has 0 amide bonds. The smallest absolute Gasteiger partial charge is 0.255 e. The Balaban J connectivity index is 1.42. The van der Waals surface area contributed by atoms with Crippen molar-refractivity contribution >= 4 is 39.7 Å². The van der Waals surface area contributed by atoms with Gasteiger partial charge in [-0.05, 0) is 53.8 Å². The lowest BCUT2D eigenvalue weighted by atomic mass is 10.1. The fourth-order valence-electron chi connectivity index (χ4n) is 3.50. The molecule has 0 radical (unpaired) electrons. The van der Waals surface area contributed by atoms with Gasteiger partial charge in [0.2, 0.25) is 0 Å². The Kier molecular flexibility index (Phi) is 4.90. The van der Waals surface area contributed by atoms with Gasteiger partial charge in [0, 0.05) is 53.0 Å². The zero-order valence-corrected chi connectivity index (χ0v) is 15.6. The monoisotopic (exact) mass is 387 g/mol. The number of nitrogens with one attached hydrogen (secondary N) is 2. The largest absolute Gasteiger partial charge is 0.381 e. The van der Waals surface area contributed by atoms with Gasteiger partial charge in [0.15, 0.2) is 0 Å². The van der Waals surface area contributed by atoms with Crippen LogP contribution in [0.1, 0.15) is 12.0 Å². The molecule has 0 unspecified atom stereocenters. The van der Waals surface area contributed by atoms with Crippen molar-refractivity contribution < 1.29 is 0 Å². The average Bonchev–Trinajstić information content (AvgIpc) is 3.04. The second-order valence-corrected chi connectivity index (χ2v) is 7.55. The zero-order valence-electron chi connectivity index (χ0n) is 14.1. The maximum Gasteiger partial charge on any atom is 0.255 e. The summed E-state index contributed by atoms with van der Waals surface area (Å²) in [5, 5.41) is 6.62. The molecule has 0 aliphatic carbocycles. The average molecular weight is 388 g/mol. The molecule has 1 aliphatic rings. The predicted octanol–water partition coefficient (Wildman–Crippen LogP) is 4.52. The standard InChI is InChI=1S/C20H19Cl2N3O/c21-15-2-1-14(19(22)10-15)11-25-8-6-17(12-25)24-16-3-4-18-13(9-16)5-7-23-20(18)26/h1-5,7,9-10,17,24H,6,8,11-12H2,(H,23,26)/t17-/m0/s1. The first-order valence-electron chi connectivity index (χ1n) is 8.63. The fraction of sp³-hybridized carbons (Fsp3) is 0.250. The topological polar surface area (TPSA) is 48.1 Å². The molecule has 1 aliphatic heterocycles. The van der Waals surface area contributed by atoms with E-state index in [4.69, 9.17) is 23.2 Å². The van der Waals surface area contributed by atoms with Crippen LogP contribution in [-0.2, 0) is 6.54 Å². The molecule has 134 valence electrons. The number of hydrogen-bond donors (Lipinski definition) is 2. The number of H-pyrrole nitrogens is 1. The molecule has 1 aromatic heterocycles. The number of benzene rings is 2. The van der Waals surface area contributed by atoms with E-state index in [2.05, 4.69) is 15.2 Å². The van der Waals surface area contributed by atoms with Gasteiger partial charge >= 0.3 is 0 Å². The van der Waals surface area contributed by atoms with Crippen LogP contribution in [-0.4, -0.2) is 29.0 Å². The number of pyridine rings is 1. The number of hydrogen-bond acceptors (Lipinski definition) is 3. The number of anilines is 1. The van der Waals surface area contributed by atoms with E-state index >= 15 is 0 Å². The predicted molar refractivity (Wildman–Crippen MR) is 108 cm³/mol. The van der Waals surface area contributed by atoms with E-state index in [0.29, 0.717) is 21.5 Å². The van der Waals surface area contributed by atoms with Crippen LogP contribution in [0.2, 0.25) is 10.0 Å². The Hall–Kier alpha value is -2.01. The quantitative estimate of drug-likeness (QED) is 0.691. The number of rotatable bonds is 4. The molecule has 1 fully saturated rings. The highest BCUT2D eigenvalue weighted by Crippen LogP contribution is 2.25. The molecule has 1 saturated heterocycles. The molecule has 3 aromatic rings. The van der Waals surface area contributed by atoms with Crippen LogP contribution >= 0.6 is 23.2 Å². The van der Waals surface area contributed by atoms with Crippen molar-refractivity contribution in [1.29, 1.82) is 0 Å². The van der Waals surface area contributed by atoms with E-state index in [-0.39, 0.29) is 5.56 Å². The first-order valence-corrected chi connectivity index (χ1v) is 9.38. The molecular weight excluding hydrogens is 369 g/mol. The molecule has 2 aromatic carbocycles. The van der Waals surface area contributed by atoms with Crippen molar-refractivity contribution in [2.24, 2.45) is 0 Å². The van der Waals surface area contributed by atoms with Crippen LogP contribution in [0.15, 0.2) is 53.5 Å². The van der Waals surface area contributed by atoms with Crippen molar-refractivity contribution in [2.45, 2.75) is 19.0 Å². The second kappa shape index (κ2) is 7.31. The number of fused-ring (bicyclic) bond motifs is 1. The van der Waals surface area contributed by atoms with Gasteiger partial charge < -0.3 is 10.3 Å². The van der Waals surface area contributed by atoms with Crippen LogP contribution in [0.3, 0.4) is 0 Å². The van der Waals surface area contributed by atoms with Crippen LogP contribution in [0.25, 0.3) is 10.8 Å². The number of aromatic amines is 1. The van der Waals surface area contributed by atoms with Gasteiger partial charge in [0.05, 0.1) is 0 Å². The molecule has 0 bridgehead atoms. The van der Waals surface area contributed by atoms with E-state index < -0.39 is 0 Å². The highest BCUT2D eigenvalue weighted by molar-refractivity contribution is 6.35. The van der Waals surface area contributed by atoms with E-state index in [1.165, 1.54) is 0 Å². The summed E-state index contributed by atoms with van der Waals surface area (Å²) in [4.78, 5) is 16.9. The lowest BCUT2D eigenvalue weighted by Crippen LogP contribution is -2.26. The Morgan fingerprint density at radius 1 is 1.15 bits per heavy atom. The van der Waals surface area contributed by atoms with Crippen molar-refractivity contribution in [1.82, 2.24) is 9.88 Å². The summed E-state index contributed by atoms with van der Waals surface area (Å²) in [5.41, 5.74) is 2.09. The molecule has 26 heavy (non-hydrogen) atoms. The fourth-order valence-corrected chi connectivity index (χ4v) is 3.97. The normalized spacial score (nSPS) is 17.7. The molecule has 4 rings (SSSR count). The van der Waals surface area contributed by atoms with Crippen molar-refractivity contribution in [3.05, 3.63) is 74.6 Å². The first-order chi connectivity index (χ1) is 12.6. The van der Waals surface area contributed by atoms with Crippen molar-refractivity contribution in [3.63, 3.8) is 0 Å². The third kappa shape index (κ3) is 3.73. The van der Waals surface area contributed by atoms with Crippen LogP contribution in [0.4, 0.5) is 5.69 Å². The number of aromatic nitrogens is 1. The van der Waals surface area contributed by atoms with Gasteiger partial charge in [-0.25, -0.2) is 0 Å². The minimum Gasteiger partial charge on any atom is -0.381 e. The van der Waals surface area contributed by atoms with E-state index in [9.17, 15) is 4.79 Å². The lowest BCUT2D eigenvalue weighted by molar-refractivity contribution is 0.329. The Morgan fingerprint density at radius 2 is 2.04 bits per heavy atom. The summed E-state index contributed by atoms with van der Waals surface area (Å²) in [6.07, 6.45) is 2.75. The number of likely N-dealkylation sites (tertiary alicyclic amines) is 1. The van der Waals surface area contributed by atoms with Crippen LogP contribution in [0, 0.1) is 0 Å². The highest BCUT2D eigenvalue weighted by atomic mass is 35.5. The number of nitrogens with zero attached hydrogens (tertiary/aromatic N) is 1.